The number of rotatable bonds is 1. The summed E-state index contributed by atoms with van der Waals surface area (Å²) in [5.74, 6) is 0.126. The zero-order valence-electron chi connectivity index (χ0n) is 11.8. The van der Waals surface area contributed by atoms with Crippen LogP contribution < -0.4 is 12.4 Å². The van der Waals surface area contributed by atoms with Gasteiger partial charge in [0.25, 0.3) is 0 Å². The number of hydrogen-bond donors (Lipinski definition) is 0. The summed E-state index contributed by atoms with van der Waals surface area (Å²) in [6.45, 7) is 1.93. The first-order valence-corrected chi connectivity index (χ1v) is 8.32. The molecule has 0 bridgehead atoms. The third kappa shape index (κ3) is 3.21. The number of fused-ring (bicyclic) bond motifs is 1. The van der Waals surface area contributed by atoms with Gasteiger partial charge in [-0.05, 0) is 31.9 Å². The summed E-state index contributed by atoms with van der Waals surface area (Å²) in [5.41, 5.74) is -3.13. The lowest BCUT2D eigenvalue weighted by Gasteiger charge is -2.18. The summed E-state index contributed by atoms with van der Waals surface area (Å²) < 4.78 is 41.0. The third-order valence-corrected chi connectivity index (χ3v) is 6.35. The van der Waals surface area contributed by atoms with Gasteiger partial charge in [0.15, 0.2) is 9.58 Å². The van der Waals surface area contributed by atoms with Gasteiger partial charge in [0.05, 0.1) is 10.5 Å². The number of alkyl halides is 3. The van der Waals surface area contributed by atoms with Crippen molar-refractivity contribution in [3.8, 4) is 0 Å². The van der Waals surface area contributed by atoms with Crippen LogP contribution in [0.5, 0.6) is 0 Å². The molecule has 1 aliphatic carbocycles. The predicted molar refractivity (Wildman–Crippen MR) is 78.3 cm³/mol. The molecule has 5 heteroatoms. The molecule has 1 aliphatic rings. The van der Waals surface area contributed by atoms with E-state index < -0.39 is 16.0 Å². The highest BCUT2D eigenvalue weighted by molar-refractivity contribution is 7.38. The maximum Gasteiger partial charge on any atom is 0.600 e. The minimum Gasteiger partial charge on any atom is -1.00 e. The van der Waals surface area contributed by atoms with Crippen molar-refractivity contribution >= 4 is 20.6 Å². The van der Waals surface area contributed by atoms with Gasteiger partial charge in [0, 0.05) is 17.4 Å². The Morgan fingerprint density at radius 1 is 1.05 bits per heavy atom. The molecule has 0 spiro atoms. The molecule has 1 heterocycles. The smallest absolute Gasteiger partial charge is 0.600 e. The Bertz CT molecular complexity index is 624. The van der Waals surface area contributed by atoms with Gasteiger partial charge in [0.2, 0.25) is 0 Å². The molecule has 0 N–H and O–H groups in total. The van der Waals surface area contributed by atoms with Crippen LogP contribution in [0.2, 0.25) is 0 Å². The molecule has 0 amide bonds. The minimum absolute atomic E-state index is 0. The highest BCUT2D eigenvalue weighted by Gasteiger charge is 2.49. The highest BCUT2D eigenvalue weighted by atomic mass is 35.5. The first-order chi connectivity index (χ1) is 9.47. The Labute approximate surface area is 131 Å². The van der Waals surface area contributed by atoms with Crippen molar-refractivity contribution < 1.29 is 25.6 Å². The Morgan fingerprint density at radius 3 is 2.33 bits per heavy atom. The molecule has 1 aromatic heterocycles. The fraction of sp³-hybridized carbons (Fsp3) is 0.500. The standard InChI is InChI=1S/C16H18F3S.ClH/c1-11-7-8-14-13(9-11)10-15(20(14)16(17,18)19)12-5-3-2-4-6-12;/h7-10,12H,2-6H2,1H3;1H/q+1;/p-1. The number of thiophene rings is 1. The van der Waals surface area contributed by atoms with Crippen LogP contribution in [-0.2, 0) is 5.51 Å². The van der Waals surface area contributed by atoms with Crippen LogP contribution in [0.4, 0.5) is 13.2 Å². The van der Waals surface area contributed by atoms with E-state index in [9.17, 15) is 13.2 Å². The van der Waals surface area contributed by atoms with Gasteiger partial charge in [-0.2, -0.15) is 0 Å². The topological polar surface area (TPSA) is 0 Å². The van der Waals surface area contributed by atoms with Gasteiger partial charge in [-0.25, -0.2) is 0 Å². The molecule has 21 heavy (non-hydrogen) atoms. The second kappa shape index (κ2) is 6.17. The van der Waals surface area contributed by atoms with Crippen LogP contribution in [0.1, 0.15) is 48.5 Å². The monoisotopic (exact) mass is 334 g/mol. The first-order valence-electron chi connectivity index (χ1n) is 7.10. The third-order valence-electron chi connectivity index (χ3n) is 4.16. The second-order valence-electron chi connectivity index (χ2n) is 5.67. The summed E-state index contributed by atoms with van der Waals surface area (Å²) in [5, 5.41) is 0.784. The Balaban J connectivity index is 0.00000161. The molecule has 0 saturated heterocycles. The molecule has 1 fully saturated rings. The maximum atomic E-state index is 13.5. The SMILES string of the molecule is Cc1ccc2c(c1)cc(C1CCCCC1)[s+]2C(F)(F)F.[Cl-]. The average molecular weight is 335 g/mol. The maximum absolute atomic E-state index is 13.5. The number of benzene rings is 1. The lowest BCUT2D eigenvalue weighted by atomic mass is 9.88. The zero-order chi connectivity index (χ0) is 14.3. The Morgan fingerprint density at radius 2 is 1.71 bits per heavy atom. The predicted octanol–water partition coefficient (Wildman–Crippen LogP) is 3.43. The van der Waals surface area contributed by atoms with Gasteiger partial charge in [0.1, 0.15) is 0 Å². The van der Waals surface area contributed by atoms with E-state index in [1.165, 1.54) is 0 Å². The average Bonchev–Trinajstić information content (AvgIpc) is 2.78. The van der Waals surface area contributed by atoms with E-state index in [2.05, 4.69) is 0 Å². The summed E-state index contributed by atoms with van der Waals surface area (Å²) in [6, 6.07) is 7.18. The van der Waals surface area contributed by atoms with Crippen molar-refractivity contribution in [1.82, 2.24) is 0 Å². The van der Waals surface area contributed by atoms with E-state index in [0.717, 1.165) is 43.1 Å². The van der Waals surface area contributed by atoms with E-state index in [1.54, 1.807) is 12.1 Å². The van der Waals surface area contributed by atoms with E-state index in [-0.39, 0.29) is 18.3 Å². The normalized spacial score (nSPS) is 17.8. The molecule has 1 aromatic carbocycles. The molecular formula is C16H18ClF3S. The Kier molecular flexibility index (Phi) is 4.89. The van der Waals surface area contributed by atoms with Crippen molar-refractivity contribution in [3.63, 3.8) is 0 Å². The molecule has 1 unspecified atom stereocenters. The van der Waals surface area contributed by atoms with Crippen molar-refractivity contribution in [2.24, 2.45) is 0 Å². The van der Waals surface area contributed by atoms with E-state index in [1.807, 2.05) is 19.1 Å². The highest BCUT2D eigenvalue weighted by Crippen LogP contribution is 2.55. The van der Waals surface area contributed by atoms with Gasteiger partial charge in [-0.3, -0.25) is 0 Å². The van der Waals surface area contributed by atoms with Crippen LogP contribution in [0.15, 0.2) is 24.3 Å². The van der Waals surface area contributed by atoms with Crippen LogP contribution in [0.3, 0.4) is 0 Å². The molecule has 1 atom stereocenters. The largest absolute Gasteiger partial charge is 1.00 e. The van der Waals surface area contributed by atoms with Gasteiger partial charge in [-0.15, -0.1) is 13.2 Å². The summed E-state index contributed by atoms with van der Waals surface area (Å²) >= 11 is 0. The summed E-state index contributed by atoms with van der Waals surface area (Å²) in [7, 11) is -1.70. The quantitative estimate of drug-likeness (QED) is 0.701. The number of aryl methyl sites for hydroxylation is 1. The van der Waals surface area contributed by atoms with E-state index >= 15 is 0 Å². The summed E-state index contributed by atoms with van der Waals surface area (Å²) in [6.07, 6.45) is 5.12. The first kappa shape index (κ1) is 16.6. The number of hydrogen-bond acceptors (Lipinski definition) is 0. The molecule has 0 aliphatic heterocycles. The van der Waals surface area contributed by atoms with Crippen LogP contribution in [0.25, 0.3) is 10.1 Å². The Hall–Kier alpha value is -0.740. The fourth-order valence-corrected chi connectivity index (χ4v) is 5.38. The fourth-order valence-electron chi connectivity index (χ4n) is 3.24. The summed E-state index contributed by atoms with van der Waals surface area (Å²) in [4.78, 5) is 0.637. The van der Waals surface area contributed by atoms with Gasteiger partial charge < -0.3 is 12.4 Å². The molecule has 0 nitrogen and oxygen atoms in total. The second-order valence-corrected chi connectivity index (χ2v) is 7.66. The molecule has 2 aromatic rings. The van der Waals surface area contributed by atoms with E-state index in [4.69, 9.17) is 0 Å². The zero-order valence-corrected chi connectivity index (χ0v) is 13.4. The van der Waals surface area contributed by atoms with Crippen LogP contribution >= 0.6 is 10.5 Å². The van der Waals surface area contributed by atoms with Crippen molar-refractivity contribution in [2.75, 3.05) is 0 Å². The molecule has 116 valence electrons. The van der Waals surface area contributed by atoms with Gasteiger partial charge >= 0.3 is 5.51 Å². The van der Waals surface area contributed by atoms with Gasteiger partial charge in [-0.1, -0.05) is 30.9 Å². The van der Waals surface area contributed by atoms with Crippen LogP contribution in [-0.4, -0.2) is 0 Å². The lowest BCUT2D eigenvalue weighted by Crippen LogP contribution is -3.00. The van der Waals surface area contributed by atoms with Crippen molar-refractivity contribution in [1.29, 1.82) is 0 Å². The lowest BCUT2D eigenvalue weighted by molar-refractivity contribution is -0.0868. The van der Waals surface area contributed by atoms with Crippen molar-refractivity contribution in [2.45, 2.75) is 50.5 Å². The molecule has 3 rings (SSSR count). The molecule has 1 saturated carbocycles. The van der Waals surface area contributed by atoms with E-state index in [0.29, 0.717) is 9.58 Å². The van der Waals surface area contributed by atoms with Crippen molar-refractivity contribution in [3.05, 3.63) is 34.7 Å². The van der Waals surface area contributed by atoms with Crippen LogP contribution in [0, 0.1) is 6.92 Å². The number of halogens is 4. The molecule has 0 radical (unpaired) electrons. The minimum atomic E-state index is -4.15. The molecular weight excluding hydrogens is 317 g/mol.